The molecule has 2 saturated heterocycles. The molecule has 2 heterocycles. The maximum absolute atomic E-state index is 13.2. The van der Waals surface area contributed by atoms with Crippen LogP contribution in [0.25, 0.3) is 10.8 Å². The zero-order valence-electron chi connectivity index (χ0n) is 21.5. The smallest absolute Gasteiger partial charge is 0.326 e. The van der Waals surface area contributed by atoms with Crippen molar-refractivity contribution < 1.29 is 19.5 Å². The van der Waals surface area contributed by atoms with E-state index in [1.807, 2.05) is 29.4 Å². The first-order valence-corrected chi connectivity index (χ1v) is 14.6. The number of carboxylic acid groups (broad SMARTS) is 1. The average Bonchev–Trinajstić information content (AvgIpc) is 3.59. The Morgan fingerprint density at radius 1 is 1.16 bits per heavy atom. The number of rotatable bonds is 12. The van der Waals surface area contributed by atoms with Gasteiger partial charge in [-0.3, -0.25) is 14.5 Å². The van der Waals surface area contributed by atoms with Crippen molar-refractivity contribution in [1.82, 2.24) is 20.4 Å². The molecule has 2 aliphatic heterocycles. The Hall–Kier alpha value is -2.62. The van der Waals surface area contributed by atoms with Crippen LogP contribution in [0.15, 0.2) is 42.5 Å². The normalized spacial score (nSPS) is 20.4. The first-order valence-electron chi connectivity index (χ1n) is 13.2. The van der Waals surface area contributed by atoms with Crippen LogP contribution in [0.4, 0.5) is 0 Å². The lowest BCUT2D eigenvalue weighted by Crippen LogP contribution is -2.51. The summed E-state index contributed by atoms with van der Waals surface area (Å²) in [6, 6.07) is 13.4. The summed E-state index contributed by atoms with van der Waals surface area (Å²) < 4.78 is 0. The van der Waals surface area contributed by atoms with Gasteiger partial charge in [-0.1, -0.05) is 42.5 Å². The fraction of sp³-hybridized carbons (Fsp3) is 0.536. The van der Waals surface area contributed by atoms with Gasteiger partial charge < -0.3 is 20.6 Å². The van der Waals surface area contributed by atoms with Gasteiger partial charge in [-0.05, 0) is 67.0 Å². The number of carboxylic acids is 1. The Bertz CT molecular complexity index is 1090. The van der Waals surface area contributed by atoms with Gasteiger partial charge in [0, 0.05) is 25.7 Å². The fourth-order valence-corrected chi connectivity index (χ4v) is 5.97. The second kappa shape index (κ2) is 13.3. The highest BCUT2D eigenvalue weighted by atomic mass is 32.2. The topological polar surface area (TPSA) is 102 Å². The summed E-state index contributed by atoms with van der Waals surface area (Å²) in [5, 5.41) is 17.9. The van der Waals surface area contributed by atoms with Gasteiger partial charge in [0.15, 0.2) is 0 Å². The molecule has 2 aromatic rings. The van der Waals surface area contributed by atoms with Crippen molar-refractivity contribution in [3.05, 3.63) is 48.0 Å². The molecule has 3 N–H and O–H groups in total. The third-order valence-electron chi connectivity index (χ3n) is 7.37. The molecule has 1 unspecified atom stereocenters. The highest BCUT2D eigenvalue weighted by Crippen LogP contribution is 2.24. The second-order valence-corrected chi connectivity index (χ2v) is 11.0. The van der Waals surface area contributed by atoms with Gasteiger partial charge in [0.25, 0.3) is 0 Å². The third-order valence-corrected chi connectivity index (χ3v) is 8.02. The number of fused-ring (bicyclic) bond motifs is 1. The first-order chi connectivity index (χ1) is 18.0. The summed E-state index contributed by atoms with van der Waals surface area (Å²) in [4.78, 5) is 42.1. The van der Waals surface area contributed by atoms with Crippen LogP contribution in [0.1, 0.15) is 37.7 Å². The van der Waals surface area contributed by atoms with E-state index in [9.17, 15) is 19.5 Å². The standard InChI is InChI=1S/C28H38N4O4S/c1-37-16-13-25(28(35)36)30-26(33)19-31(17-21-9-4-8-20-7-2-3-11-23(20)21)18-22-10-6-15-32(22)27(34)24-12-5-14-29-24/h2-4,7-9,11,22,24-25,29H,5-6,10,12-19H2,1H3,(H,30,33)(H,35,36)/t22-,24?,25-/m0/s1. The summed E-state index contributed by atoms with van der Waals surface area (Å²) in [6.45, 7) is 2.80. The lowest BCUT2D eigenvalue weighted by atomic mass is 10.0. The van der Waals surface area contributed by atoms with E-state index in [1.54, 1.807) is 11.8 Å². The van der Waals surface area contributed by atoms with Crippen LogP contribution in [-0.2, 0) is 20.9 Å². The van der Waals surface area contributed by atoms with Crippen molar-refractivity contribution in [3.63, 3.8) is 0 Å². The third kappa shape index (κ3) is 7.24. The molecular weight excluding hydrogens is 488 g/mol. The van der Waals surface area contributed by atoms with Gasteiger partial charge in [-0.2, -0.15) is 11.8 Å². The number of hydrogen-bond acceptors (Lipinski definition) is 6. The molecule has 2 fully saturated rings. The molecule has 0 aromatic heterocycles. The maximum atomic E-state index is 13.2. The van der Waals surface area contributed by atoms with Crippen LogP contribution in [-0.4, -0.2) is 89.0 Å². The number of nitrogens with one attached hydrogen (secondary N) is 2. The van der Waals surface area contributed by atoms with Crippen molar-refractivity contribution >= 4 is 40.3 Å². The van der Waals surface area contributed by atoms with Crippen molar-refractivity contribution in [2.24, 2.45) is 0 Å². The zero-order chi connectivity index (χ0) is 26.2. The van der Waals surface area contributed by atoms with Gasteiger partial charge >= 0.3 is 5.97 Å². The Morgan fingerprint density at radius 3 is 2.73 bits per heavy atom. The number of aliphatic carboxylic acids is 1. The van der Waals surface area contributed by atoms with Gasteiger partial charge in [0.1, 0.15) is 6.04 Å². The van der Waals surface area contributed by atoms with Gasteiger partial charge in [0.2, 0.25) is 11.8 Å². The molecular formula is C28H38N4O4S. The monoisotopic (exact) mass is 526 g/mol. The Labute approximate surface area is 223 Å². The highest BCUT2D eigenvalue weighted by molar-refractivity contribution is 7.98. The molecule has 0 bridgehead atoms. The van der Waals surface area contributed by atoms with Crippen molar-refractivity contribution in [2.75, 3.05) is 38.2 Å². The van der Waals surface area contributed by atoms with Crippen LogP contribution < -0.4 is 10.6 Å². The number of nitrogens with zero attached hydrogens (tertiary/aromatic N) is 2. The first kappa shape index (κ1) is 27.4. The zero-order valence-corrected chi connectivity index (χ0v) is 22.3. The number of benzene rings is 2. The Kier molecular flexibility index (Phi) is 9.82. The lowest BCUT2D eigenvalue weighted by molar-refractivity contribution is -0.142. The van der Waals surface area contributed by atoms with E-state index in [0.717, 1.165) is 55.1 Å². The van der Waals surface area contributed by atoms with Crippen molar-refractivity contribution in [2.45, 2.75) is 56.8 Å². The number of carbonyl (C=O) groups is 3. The summed E-state index contributed by atoms with van der Waals surface area (Å²) in [5.41, 5.74) is 1.11. The number of likely N-dealkylation sites (tertiary alicyclic amines) is 1. The van der Waals surface area contributed by atoms with E-state index in [2.05, 4.69) is 39.8 Å². The molecule has 200 valence electrons. The molecule has 37 heavy (non-hydrogen) atoms. The number of thioether (sulfide) groups is 1. The van der Waals surface area contributed by atoms with E-state index in [0.29, 0.717) is 25.3 Å². The van der Waals surface area contributed by atoms with Gasteiger partial charge in [0.05, 0.1) is 12.6 Å². The molecule has 8 nitrogen and oxygen atoms in total. The van der Waals surface area contributed by atoms with E-state index < -0.39 is 12.0 Å². The minimum Gasteiger partial charge on any atom is -0.480 e. The molecule has 2 aromatic carbocycles. The average molecular weight is 527 g/mol. The Balaban J connectivity index is 1.51. The lowest BCUT2D eigenvalue weighted by Gasteiger charge is -2.32. The molecule has 9 heteroatoms. The number of carbonyl (C=O) groups excluding carboxylic acids is 2. The van der Waals surface area contributed by atoms with Crippen LogP contribution in [0.3, 0.4) is 0 Å². The van der Waals surface area contributed by atoms with Crippen LogP contribution in [0.2, 0.25) is 0 Å². The molecule has 0 spiro atoms. The van der Waals surface area contributed by atoms with Gasteiger partial charge in [-0.25, -0.2) is 4.79 Å². The van der Waals surface area contributed by atoms with Gasteiger partial charge in [-0.15, -0.1) is 0 Å². The molecule has 3 atom stereocenters. The largest absolute Gasteiger partial charge is 0.480 e. The highest BCUT2D eigenvalue weighted by Gasteiger charge is 2.35. The molecule has 0 saturated carbocycles. The molecule has 4 rings (SSSR count). The van der Waals surface area contributed by atoms with Crippen molar-refractivity contribution in [1.29, 1.82) is 0 Å². The summed E-state index contributed by atoms with van der Waals surface area (Å²) in [6.07, 6.45) is 6.04. The minimum atomic E-state index is -1.01. The van der Waals surface area contributed by atoms with E-state index in [1.165, 1.54) is 0 Å². The second-order valence-electron chi connectivity index (χ2n) is 10.0. The molecule has 0 aliphatic carbocycles. The summed E-state index contributed by atoms with van der Waals surface area (Å²) >= 11 is 1.56. The van der Waals surface area contributed by atoms with Crippen LogP contribution >= 0.6 is 11.8 Å². The minimum absolute atomic E-state index is 0.0319. The number of amides is 2. The quantitative estimate of drug-likeness (QED) is 0.391. The summed E-state index contributed by atoms with van der Waals surface area (Å²) in [5.74, 6) is -0.495. The predicted octanol–water partition coefficient (Wildman–Crippen LogP) is 2.71. The molecule has 2 aliphatic rings. The van der Waals surface area contributed by atoms with Crippen molar-refractivity contribution in [3.8, 4) is 0 Å². The maximum Gasteiger partial charge on any atom is 0.326 e. The predicted molar refractivity (Wildman–Crippen MR) is 148 cm³/mol. The summed E-state index contributed by atoms with van der Waals surface area (Å²) in [7, 11) is 0. The van der Waals surface area contributed by atoms with Crippen LogP contribution in [0, 0.1) is 0 Å². The van der Waals surface area contributed by atoms with Crippen LogP contribution in [0.5, 0.6) is 0 Å². The van der Waals surface area contributed by atoms with E-state index >= 15 is 0 Å². The Morgan fingerprint density at radius 2 is 1.97 bits per heavy atom. The molecule has 0 radical (unpaired) electrons. The van der Waals surface area contributed by atoms with E-state index in [4.69, 9.17) is 0 Å². The number of hydrogen-bond donors (Lipinski definition) is 3. The van der Waals surface area contributed by atoms with E-state index in [-0.39, 0.29) is 30.4 Å². The SMILES string of the molecule is CSCC[C@H](NC(=O)CN(Cc1cccc2ccccc12)C[C@@H]1CCCN1C(=O)C1CCCN1)C(=O)O. The molecule has 2 amide bonds. The fourth-order valence-electron chi connectivity index (χ4n) is 5.50.